The van der Waals surface area contributed by atoms with Gasteiger partial charge in [0.2, 0.25) is 0 Å². The van der Waals surface area contributed by atoms with Crippen molar-refractivity contribution in [2.24, 2.45) is 0 Å². The molecule has 1 aromatic carbocycles. The summed E-state index contributed by atoms with van der Waals surface area (Å²) >= 11 is 0. The Balaban J connectivity index is 1.81. The number of carbonyl (C=O) groups is 1. The van der Waals surface area contributed by atoms with Gasteiger partial charge in [0.25, 0.3) is 5.91 Å². The zero-order valence-electron chi connectivity index (χ0n) is 15.6. The molecule has 3 rings (SSSR count). The summed E-state index contributed by atoms with van der Waals surface area (Å²) in [6.45, 7) is 3.14. The van der Waals surface area contributed by atoms with Crippen LogP contribution in [0.2, 0.25) is 0 Å². The van der Waals surface area contributed by atoms with E-state index >= 15 is 0 Å². The number of halogens is 6. The minimum Gasteiger partial charge on any atom is -0.317 e. The van der Waals surface area contributed by atoms with Gasteiger partial charge in [0.1, 0.15) is 5.69 Å². The molecule has 0 bridgehead atoms. The van der Waals surface area contributed by atoms with Crippen LogP contribution in [0.5, 0.6) is 0 Å². The van der Waals surface area contributed by atoms with Crippen LogP contribution in [0.4, 0.5) is 32.0 Å². The van der Waals surface area contributed by atoms with E-state index in [2.05, 4.69) is 15.5 Å². The van der Waals surface area contributed by atoms with E-state index in [1.54, 1.807) is 18.9 Å². The van der Waals surface area contributed by atoms with E-state index in [9.17, 15) is 31.1 Å². The van der Waals surface area contributed by atoms with Gasteiger partial charge in [-0.2, -0.15) is 36.5 Å². The monoisotopic (exact) mass is 431 g/mol. The fourth-order valence-corrected chi connectivity index (χ4v) is 2.81. The Morgan fingerprint density at radius 3 is 2.40 bits per heavy atom. The van der Waals surface area contributed by atoms with Crippen LogP contribution in [-0.4, -0.2) is 25.9 Å². The first-order valence-corrected chi connectivity index (χ1v) is 8.50. The maximum absolute atomic E-state index is 12.9. The lowest BCUT2D eigenvalue weighted by molar-refractivity contribution is -0.141. The third-order valence-electron chi connectivity index (χ3n) is 4.32. The van der Waals surface area contributed by atoms with Gasteiger partial charge in [-0.25, -0.2) is 0 Å². The summed E-state index contributed by atoms with van der Waals surface area (Å²) < 4.78 is 78.0. The van der Waals surface area contributed by atoms with E-state index in [1.165, 1.54) is 16.8 Å². The van der Waals surface area contributed by atoms with Gasteiger partial charge >= 0.3 is 12.4 Å². The predicted octanol–water partition coefficient (Wildman–Crippen LogP) is 4.56. The molecule has 2 N–H and O–H groups in total. The van der Waals surface area contributed by atoms with Crippen LogP contribution in [0.1, 0.15) is 38.7 Å². The summed E-state index contributed by atoms with van der Waals surface area (Å²) in [5.74, 6) is -0.883. The van der Waals surface area contributed by atoms with Crippen molar-refractivity contribution >= 4 is 11.6 Å². The highest BCUT2D eigenvalue weighted by molar-refractivity contribution is 6.03. The van der Waals surface area contributed by atoms with Crippen LogP contribution in [-0.2, 0) is 18.9 Å². The van der Waals surface area contributed by atoms with Crippen molar-refractivity contribution in [2.45, 2.75) is 32.7 Å². The van der Waals surface area contributed by atoms with Crippen LogP contribution in [0, 0.1) is 13.8 Å². The van der Waals surface area contributed by atoms with Crippen LogP contribution in [0.25, 0.3) is 0 Å². The fourth-order valence-electron chi connectivity index (χ4n) is 2.81. The number of hydrogen-bond acceptors (Lipinski definition) is 3. The Bertz CT molecular complexity index is 1080. The van der Waals surface area contributed by atoms with Crippen molar-refractivity contribution in [1.29, 1.82) is 0 Å². The number of carbonyl (C=O) groups excluding carboxylic acids is 1. The molecule has 2 aromatic heterocycles. The average Bonchev–Trinajstić information content (AvgIpc) is 3.23. The number of nitrogens with zero attached hydrogens (tertiary/aromatic N) is 3. The summed E-state index contributed by atoms with van der Waals surface area (Å²) in [5.41, 5.74) is -1.08. The summed E-state index contributed by atoms with van der Waals surface area (Å²) in [6, 6.07) is 5.31. The van der Waals surface area contributed by atoms with Gasteiger partial charge in [-0.3, -0.25) is 14.6 Å². The lowest BCUT2D eigenvalue weighted by Gasteiger charge is -2.10. The molecule has 0 aliphatic heterocycles. The number of nitrogens with one attached hydrogen (secondary N) is 2. The van der Waals surface area contributed by atoms with Crippen molar-refractivity contribution < 1.29 is 31.1 Å². The summed E-state index contributed by atoms with van der Waals surface area (Å²) in [5, 5.41) is 11.8. The lowest BCUT2D eigenvalue weighted by Crippen LogP contribution is -2.14. The molecule has 0 radical (unpaired) electrons. The lowest BCUT2D eigenvalue weighted by atomic mass is 10.1. The highest BCUT2D eigenvalue weighted by Crippen LogP contribution is 2.30. The molecule has 3 aromatic rings. The van der Waals surface area contributed by atoms with Crippen LogP contribution in [0.3, 0.4) is 0 Å². The topological polar surface area (TPSA) is 75.6 Å². The summed E-state index contributed by atoms with van der Waals surface area (Å²) in [7, 11) is 0. The number of amides is 1. The van der Waals surface area contributed by atoms with Crippen LogP contribution < -0.4 is 5.32 Å². The third-order valence-corrected chi connectivity index (χ3v) is 4.32. The second-order valence-electron chi connectivity index (χ2n) is 6.52. The number of hydrogen-bond donors (Lipinski definition) is 2. The normalized spacial score (nSPS) is 12.3. The first-order chi connectivity index (χ1) is 13.9. The minimum absolute atomic E-state index is 0.00703. The summed E-state index contributed by atoms with van der Waals surface area (Å²) in [6.07, 6.45) is -9.16. The Kier molecular flexibility index (Phi) is 5.35. The average molecular weight is 431 g/mol. The standard InChI is InChI=1S/C18H15F6N5O/c1-9-15(25-16(30)13-7-14(27-26-13)18(22,23)24)10(2)29(28-9)8-11-4-3-5-12(6-11)17(19,20)21/h3-7H,8H2,1-2H3,(H,25,30)(H,26,27). The molecule has 6 nitrogen and oxygen atoms in total. The molecule has 30 heavy (non-hydrogen) atoms. The van der Waals surface area contributed by atoms with Gasteiger partial charge in [-0.1, -0.05) is 12.1 Å². The first kappa shape index (κ1) is 21.4. The minimum atomic E-state index is -4.67. The molecule has 12 heteroatoms. The van der Waals surface area contributed by atoms with Gasteiger partial charge in [0.15, 0.2) is 5.69 Å². The molecule has 0 saturated heterocycles. The molecule has 0 spiro atoms. The molecule has 2 heterocycles. The zero-order valence-corrected chi connectivity index (χ0v) is 15.6. The van der Waals surface area contributed by atoms with E-state index in [1.807, 2.05) is 0 Å². The second-order valence-corrected chi connectivity index (χ2v) is 6.52. The van der Waals surface area contributed by atoms with Crippen LogP contribution in [0.15, 0.2) is 30.3 Å². The van der Waals surface area contributed by atoms with Gasteiger partial charge < -0.3 is 5.32 Å². The fraction of sp³-hybridized carbons (Fsp3) is 0.278. The van der Waals surface area contributed by atoms with E-state index in [0.717, 1.165) is 12.1 Å². The Hall–Kier alpha value is -3.31. The van der Waals surface area contributed by atoms with Crippen molar-refractivity contribution in [2.75, 3.05) is 5.32 Å². The number of H-pyrrole nitrogens is 1. The second kappa shape index (κ2) is 7.50. The molecule has 160 valence electrons. The molecule has 0 saturated carbocycles. The zero-order chi connectivity index (χ0) is 22.3. The number of anilines is 1. The molecular formula is C18H15F6N5O. The molecular weight excluding hydrogens is 416 g/mol. The highest BCUT2D eigenvalue weighted by atomic mass is 19.4. The van der Waals surface area contributed by atoms with Crippen molar-refractivity contribution in [3.63, 3.8) is 0 Å². The molecule has 0 unspecified atom stereocenters. The number of rotatable bonds is 4. The van der Waals surface area contributed by atoms with Gasteiger partial charge in [-0.05, 0) is 31.5 Å². The number of benzene rings is 1. The van der Waals surface area contributed by atoms with E-state index in [0.29, 0.717) is 23.0 Å². The quantitative estimate of drug-likeness (QED) is 0.595. The van der Waals surface area contributed by atoms with Crippen LogP contribution >= 0.6 is 0 Å². The molecule has 0 aliphatic rings. The number of aromatic nitrogens is 4. The maximum atomic E-state index is 12.9. The van der Waals surface area contributed by atoms with Crippen molar-refractivity contribution in [3.8, 4) is 0 Å². The third kappa shape index (κ3) is 4.47. The first-order valence-electron chi connectivity index (χ1n) is 8.50. The van der Waals surface area contributed by atoms with Crippen molar-refractivity contribution in [1.82, 2.24) is 20.0 Å². The van der Waals surface area contributed by atoms with Gasteiger partial charge in [0.05, 0.1) is 29.2 Å². The maximum Gasteiger partial charge on any atom is 0.432 e. The van der Waals surface area contributed by atoms with Gasteiger partial charge in [0, 0.05) is 6.07 Å². The molecule has 0 fully saturated rings. The predicted molar refractivity (Wildman–Crippen MR) is 93.8 cm³/mol. The number of aromatic amines is 1. The van der Waals surface area contributed by atoms with Gasteiger partial charge in [-0.15, -0.1) is 0 Å². The molecule has 1 amide bonds. The van der Waals surface area contributed by atoms with E-state index in [-0.39, 0.29) is 12.2 Å². The largest absolute Gasteiger partial charge is 0.432 e. The molecule has 0 atom stereocenters. The number of alkyl halides is 6. The molecule has 0 aliphatic carbocycles. The Morgan fingerprint density at radius 2 is 1.80 bits per heavy atom. The van der Waals surface area contributed by atoms with E-state index < -0.39 is 35.2 Å². The Labute approximate surface area is 165 Å². The Morgan fingerprint density at radius 1 is 1.10 bits per heavy atom. The smallest absolute Gasteiger partial charge is 0.317 e. The van der Waals surface area contributed by atoms with E-state index in [4.69, 9.17) is 0 Å². The van der Waals surface area contributed by atoms with Crippen molar-refractivity contribution in [3.05, 3.63) is 64.2 Å². The summed E-state index contributed by atoms with van der Waals surface area (Å²) in [4.78, 5) is 12.3. The number of aryl methyl sites for hydroxylation is 1. The SMILES string of the molecule is Cc1nn(Cc2cccc(C(F)(F)F)c2)c(C)c1NC(=O)c1cc(C(F)(F)F)[nH]n1. The highest BCUT2D eigenvalue weighted by Gasteiger charge is 2.34.